The molecule has 0 radical (unpaired) electrons. The minimum atomic E-state index is -0.808. The molecular formula is C28H41NO6. The highest BCUT2D eigenvalue weighted by Gasteiger charge is 2.73. The average molecular weight is 488 g/mol. The fraction of sp³-hybridized carbons (Fsp3) is 0.786. The van der Waals surface area contributed by atoms with E-state index in [2.05, 4.69) is 17.9 Å². The molecule has 2 saturated carbocycles. The van der Waals surface area contributed by atoms with Gasteiger partial charge < -0.3 is 28.8 Å². The normalized spacial score (nSPS) is 35.3. The summed E-state index contributed by atoms with van der Waals surface area (Å²) >= 11 is 0. The third-order valence-corrected chi connectivity index (χ3v) is 9.49. The van der Waals surface area contributed by atoms with Crippen molar-refractivity contribution < 1.29 is 28.8 Å². The molecular weight excluding hydrogens is 446 g/mol. The van der Waals surface area contributed by atoms with Crippen LogP contribution in [0, 0.1) is 5.92 Å². The Hall–Kier alpha value is -1.38. The SMILES string of the molecule is CCCOC1CC[C@@]2(O)[C@H]3Cc4ccc(OCOCCOC)c5c4[C@@]2(CCN3CC2CCC2)[C@H]1O5. The molecule has 3 fully saturated rings. The van der Waals surface area contributed by atoms with Gasteiger partial charge in [-0.2, -0.15) is 0 Å². The molecule has 2 heterocycles. The maximum Gasteiger partial charge on any atom is 0.189 e. The zero-order valence-electron chi connectivity index (χ0n) is 21.3. The van der Waals surface area contributed by atoms with Crippen molar-refractivity contribution in [1.82, 2.24) is 4.90 Å². The quantitative estimate of drug-likeness (QED) is 0.379. The van der Waals surface area contributed by atoms with Gasteiger partial charge in [-0.25, -0.2) is 0 Å². The number of piperidine rings is 1. The molecule has 7 heteroatoms. The predicted molar refractivity (Wildman–Crippen MR) is 131 cm³/mol. The smallest absolute Gasteiger partial charge is 0.189 e. The standard InChI is InChI=1S/C28H41NO6/c1-3-13-33-22-9-10-28(30)23-16-20-7-8-21(34-18-32-15-14-31-2)25-24(20)27(28,26(22)35-25)11-12-29(23)17-19-5-4-6-19/h7-8,19,22-23,26,30H,3-6,9-18H2,1-2H3/t22?,23-,26+,27+,28-/m1/s1. The number of ether oxygens (including phenoxy) is 5. The molecule has 2 bridgehead atoms. The van der Waals surface area contributed by atoms with Crippen LogP contribution in [0.3, 0.4) is 0 Å². The summed E-state index contributed by atoms with van der Waals surface area (Å²) < 4.78 is 29.9. The minimum Gasteiger partial charge on any atom is -0.482 e. The Bertz CT molecular complexity index is 921. The number of hydrogen-bond donors (Lipinski definition) is 1. The minimum absolute atomic E-state index is 0.0155. The molecule has 35 heavy (non-hydrogen) atoms. The summed E-state index contributed by atoms with van der Waals surface area (Å²) in [7, 11) is 1.66. The van der Waals surface area contributed by atoms with Crippen LogP contribution in [-0.2, 0) is 26.0 Å². The average Bonchev–Trinajstić information content (AvgIpc) is 3.18. The van der Waals surface area contributed by atoms with E-state index >= 15 is 0 Å². The molecule has 3 aliphatic carbocycles. The molecule has 0 aromatic heterocycles. The highest BCUT2D eigenvalue weighted by Crippen LogP contribution is 2.66. The summed E-state index contributed by atoms with van der Waals surface area (Å²) in [6.07, 6.45) is 8.16. The Morgan fingerprint density at radius 1 is 1.14 bits per heavy atom. The molecule has 1 N–H and O–H groups in total. The van der Waals surface area contributed by atoms with Crippen molar-refractivity contribution in [2.24, 2.45) is 5.92 Å². The molecule has 5 atom stereocenters. The van der Waals surface area contributed by atoms with E-state index in [-0.39, 0.29) is 25.0 Å². The van der Waals surface area contributed by atoms with Crippen molar-refractivity contribution in [2.45, 2.75) is 87.6 Å². The molecule has 1 aromatic rings. The van der Waals surface area contributed by atoms with Gasteiger partial charge in [0.25, 0.3) is 0 Å². The summed E-state index contributed by atoms with van der Waals surface area (Å²) in [4.78, 5) is 2.62. The number of hydrogen-bond acceptors (Lipinski definition) is 7. The highest BCUT2D eigenvalue weighted by molar-refractivity contribution is 5.63. The van der Waals surface area contributed by atoms with Gasteiger partial charge in [0, 0.05) is 31.9 Å². The van der Waals surface area contributed by atoms with Gasteiger partial charge in [-0.05, 0) is 69.0 Å². The number of nitrogens with zero attached hydrogens (tertiary/aromatic N) is 1. The molecule has 5 aliphatic rings. The largest absolute Gasteiger partial charge is 0.482 e. The van der Waals surface area contributed by atoms with Gasteiger partial charge in [-0.15, -0.1) is 0 Å². The molecule has 1 unspecified atom stereocenters. The van der Waals surface area contributed by atoms with Crippen molar-refractivity contribution in [3.05, 3.63) is 23.3 Å². The summed E-state index contributed by atoms with van der Waals surface area (Å²) in [5.74, 6) is 2.30. The first-order chi connectivity index (χ1) is 17.1. The predicted octanol–water partition coefficient (Wildman–Crippen LogP) is 3.44. The maximum absolute atomic E-state index is 12.6. The van der Waals surface area contributed by atoms with E-state index in [0.717, 1.165) is 63.5 Å². The lowest BCUT2D eigenvalue weighted by atomic mass is 9.48. The molecule has 6 rings (SSSR count). The van der Waals surface area contributed by atoms with Crippen molar-refractivity contribution in [2.75, 3.05) is 46.8 Å². The zero-order chi connectivity index (χ0) is 24.0. The molecule has 7 nitrogen and oxygen atoms in total. The van der Waals surface area contributed by atoms with Crippen LogP contribution in [0.25, 0.3) is 0 Å². The second-order valence-electron chi connectivity index (χ2n) is 11.2. The van der Waals surface area contributed by atoms with E-state index in [9.17, 15) is 5.11 Å². The van der Waals surface area contributed by atoms with Crippen LogP contribution in [0.4, 0.5) is 0 Å². The van der Waals surface area contributed by atoms with Gasteiger partial charge in [0.1, 0.15) is 6.10 Å². The number of methoxy groups -OCH3 is 1. The Labute approximate surface area is 209 Å². The Balaban J connectivity index is 1.36. The van der Waals surface area contributed by atoms with Crippen LogP contribution in [-0.4, -0.2) is 80.7 Å². The van der Waals surface area contributed by atoms with Crippen molar-refractivity contribution in [1.29, 1.82) is 0 Å². The molecule has 1 saturated heterocycles. The van der Waals surface area contributed by atoms with Crippen molar-refractivity contribution in [3.8, 4) is 11.5 Å². The van der Waals surface area contributed by atoms with Gasteiger partial charge in [0.15, 0.2) is 18.3 Å². The maximum atomic E-state index is 12.6. The first-order valence-corrected chi connectivity index (χ1v) is 13.7. The van der Waals surface area contributed by atoms with E-state index in [1.54, 1.807) is 7.11 Å². The lowest BCUT2D eigenvalue weighted by molar-refractivity contribution is -0.216. The van der Waals surface area contributed by atoms with Crippen LogP contribution >= 0.6 is 0 Å². The number of rotatable bonds is 11. The monoisotopic (exact) mass is 487 g/mol. The Kier molecular flexibility index (Phi) is 6.50. The van der Waals surface area contributed by atoms with Crippen LogP contribution in [0.15, 0.2) is 12.1 Å². The van der Waals surface area contributed by atoms with E-state index in [1.165, 1.54) is 30.4 Å². The van der Waals surface area contributed by atoms with E-state index in [0.29, 0.717) is 19.0 Å². The van der Waals surface area contributed by atoms with E-state index in [1.807, 2.05) is 6.07 Å². The number of aliphatic hydroxyl groups is 1. The molecule has 0 amide bonds. The van der Waals surface area contributed by atoms with Crippen molar-refractivity contribution >= 4 is 0 Å². The fourth-order valence-corrected chi connectivity index (χ4v) is 7.66. The summed E-state index contributed by atoms with van der Waals surface area (Å²) in [6, 6.07) is 4.37. The third kappa shape index (κ3) is 3.64. The third-order valence-electron chi connectivity index (χ3n) is 9.49. The second kappa shape index (κ2) is 9.49. The van der Waals surface area contributed by atoms with Gasteiger partial charge in [0.2, 0.25) is 0 Å². The Morgan fingerprint density at radius 3 is 2.80 bits per heavy atom. The Morgan fingerprint density at radius 2 is 2.03 bits per heavy atom. The first-order valence-electron chi connectivity index (χ1n) is 13.7. The number of benzene rings is 1. The van der Waals surface area contributed by atoms with E-state index in [4.69, 9.17) is 23.7 Å². The van der Waals surface area contributed by atoms with Crippen LogP contribution in [0.2, 0.25) is 0 Å². The lowest BCUT2D eigenvalue weighted by Gasteiger charge is -2.64. The van der Waals surface area contributed by atoms with Crippen LogP contribution in [0.1, 0.15) is 63.0 Å². The zero-order valence-corrected chi connectivity index (χ0v) is 21.3. The molecule has 2 aliphatic heterocycles. The van der Waals surface area contributed by atoms with Gasteiger partial charge in [0.05, 0.1) is 30.3 Å². The van der Waals surface area contributed by atoms with Crippen LogP contribution in [0.5, 0.6) is 11.5 Å². The summed E-state index contributed by atoms with van der Waals surface area (Å²) in [5, 5.41) is 12.6. The van der Waals surface area contributed by atoms with Gasteiger partial charge >= 0.3 is 0 Å². The summed E-state index contributed by atoms with van der Waals surface area (Å²) in [6.45, 7) is 6.15. The van der Waals surface area contributed by atoms with Crippen molar-refractivity contribution in [3.63, 3.8) is 0 Å². The fourth-order valence-electron chi connectivity index (χ4n) is 7.66. The summed E-state index contributed by atoms with van der Waals surface area (Å²) in [5.41, 5.74) is 1.24. The second-order valence-corrected chi connectivity index (χ2v) is 11.2. The highest BCUT2D eigenvalue weighted by atomic mass is 16.7. The topological polar surface area (TPSA) is 69.6 Å². The van der Waals surface area contributed by atoms with Gasteiger partial charge in [-0.1, -0.05) is 19.4 Å². The van der Waals surface area contributed by atoms with Gasteiger partial charge in [-0.3, -0.25) is 4.90 Å². The molecule has 1 spiro atoms. The van der Waals surface area contributed by atoms with Crippen LogP contribution < -0.4 is 9.47 Å². The molecule has 1 aromatic carbocycles. The first kappa shape index (κ1) is 24.0. The molecule has 194 valence electrons. The van der Waals surface area contributed by atoms with E-state index < -0.39 is 11.0 Å². The lowest BCUT2D eigenvalue weighted by Crippen LogP contribution is -2.77. The number of likely N-dealkylation sites (tertiary alicyclic amines) is 1.